The Balaban J connectivity index is 1.50. The number of amides is 2. The summed E-state index contributed by atoms with van der Waals surface area (Å²) in [6.07, 6.45) is 3.99. The number of fused-ring (bicyclic) bond motifs is 1. The van der Waals surface area contributed by atoms with Crippen molar-refractivity contribution < 1.29 is 19.1 Å². The van der Waals surface area contributed by atoms with Gasteiger partial charge in [-0.3, -0.25) is 19.0 Å². The van der Waals surface area contributed by atoms with Crippen molar-refractivity contribution in [1.29, 1.82) is 0 Å². The highest BCUT2D eigenvalue weighted by atomic mass is 35.5. The van der Waals surface area contributed by atoms with Crippen LogP contribution in [-0.2, 0) is 13.0 Å². The van der Waals surface area contributed by atoms with Gasteiger partial charge in [0, 0.05) is 26.7 Å². The highest BCUT2D eigenvalue weighted by Gasteiger charge is 2.48. The lowest BCUT2D eigenvalue weighted by molar-refractivity contribution is 0.0641. The number of aromatic hydroxyl groups is 1. The molecule has 3 aliphatic rings. The maximum absolute atomic E-state index is 13.8. The predicted molar refractivity (Wildman–Crippen MR) is 137 cm³/mol. The fourth-order valence-corrected chi connectivity index (χ4v) is 5.91. The molecule has 1 aliphatic carbocycles. The number of benzene rings is 1. The number of halogens is 2. The van der Waals surface area contributed by atoms with E-state index >= 15 is 0 Å². The van der Waals surface area contributed by atoms with Crippen molar-refractivity contribution in [3.63, 3.8) is 0 Å². The fraction of sp³-hybridized carbons (Fsp3) is 0.519. The molecule has 1 atom stereocenters. The highest BCUT2D eigenvalue weighted by molar-refractivity contribution is 6.30. The van der Waals surface area contributed by atoms with Crippen LogP contribution in [-0.4, -0.2) is 69.4 Å². The molecule has 3 heterocycles. The molecular weight excluding hydrogens is 499 g/mol. The van der Waals surface area contributed by atoms with Gasteiger partial charge in [-0.05, 0) is 74.4 Å². The smallest absolute Gasteiger partial charge is 0.295 e. The monoisotopic (exact) mass is 530 g/mol. The van der Waals surface area contributed by atoms with Crippen LogP contribution in [0.5, 0.6) is 5.75 Å². The minimum absolute atomic E-state index is 0.0584. The Bertz CT molecular complexity index is 1300. The number of carbonyl (C=O) groups is 2. The second-order valence-corrected chi connectivity index (χ2v) is 10.7. The molecule has 1 N–H and O–H groups in total. The lowest BCUT2D eigenvalue weighted by atomic mass is 10.0. The molecule has 2 amide bonds. The van der Waals surface area contributed by atoms with E-state index in [2.05, 4.69) is 4.90 Å². The molecule has 2 fully saturated rings. The molecule has 198 valence electrons. The summed E-state index contributed by atoms with van der Waals surface area (Å²) in [5.74, 6) is -1.86. The van der Waals surface area contributed by atoms with Gasteiger partial charge in [0.2, 0.25) is 0 Å². The van der Waals surface area contributed by atoms with E-state index in [-0.39, 0.29) is 34.6 Å². The van der Waals surface area contributed by atoms with E-state index in [0.29, 0.717) is 24.1 Å². The molecular formula is C27H32ClFN4O4. The third-order valence-electron chi connectivity index (χ3n) is 7.75. The quantitative estimate of drug-likeness (QED) is 0.563. The minimum atomic E-state index is -0.706. The molecule has 0 spiro atoms. The van der Waals surface area contributed by atoms with E-state index in [1.165, 1.54) is 34.7 Å². The first-order valence-electron chi connectivity index (χ1n) is 13.0. The molecule has 1 aromatic heterocycles. The number of hydrogen-bond acceptors (Lipinski definition) is 5. The number of pyridine rings is 1. The third kappa shape index (κ3) is 4.63. The van der Waals surface area contributed by atoms with Gasteiger partial charge in [0.15, 0.2) is 5.75 Å². The van der Waals surface area contributed by atoms with E-state index in [4.69, 9.17) is 11.6 Å². The number of aromatic nitrogens is 1. The van der Waals surface area contributed by atoms with Crippen molar-refractivity contribution in [3.8, 4) is 5.75 Å². The Morgan fingerprint density at radius 2 is 1.89 bits per heavy atom. The SMILES string of the molecule is CCc1c(C(=O)N(C)Cc2ccc(F)c(Cl)c2)c(O)c(=O)n2c1C(=O)N(CCN1CCCC1)C2C1CC1. The van der Waals surface area contributed by atoms with Gasteiger partial charge in [0.1, 0.15) is 17.7 Å². The largest absolute Gasteiger partial charge is 0.502 e. The first kappa shape index (κ1) is 25.7. The van der Waals surface area contributed by atoms with E-state index in [1.807, 2.05) is 6.92 Å². The van der Waals surface area contributed by atoms with E-state index in [1.54, 1.807) is 4.90 Å². The molecule has 10 heteroatoms. The summed E-state index contributed by atoms with van der Waals surface area (Å²) in [6.45, 7) is 5.14. The molecule has 1 unspecified atom stereocenters. The van der Waals surface area contributed by atoms with Gasteiger partial charge in [0.05, 0.1) is 10.6 Å². The predicted octanol–water partition coefficient (Wildman–Crippen LogP) is 3.64. The van der Waals surface area contributed by atoms with Gasteiger partial charge < -0.3 is 19.8 Å². The minimum Gasteiger partial charge on any atom is -0.502 e. The molecule has 0 radical (unpaired) electrons. The zero-order valence-corrected chi connectivity index (χ0v) is 21.9. The van der Waals surface area contributed by atoms with Crippen molar-refractivity contribution in [2.75, 3.05) is 33.2 Å². The van der Waals surface area contributed by atoms with Crippen LogP contribution in [0.15, 0.2) is 23.0 Å². The van der Waals surface area contributed by atoms with Gasteiger partial charge in [-0.25, -0.2) is 4.39 Å². The molecule has 37 heavy (non-hydrogen) atoms. The Kier molecular flexibility index (Phi) is 7.02. The Morgan fingerprint density at radius 3 is 2.51 bits per heavy atom. The summed E-state index contributed by atoms with van der Waals surface area (Å²) in [4.78, 5) is 46.3. The zero-order valence-electron chi connectivity index (χ0n) is 21.2. The van der Waals surface area contributed by atoms with Crippen LogP contribution in [0.3, 0.4) is 0 Å². The zero-order chi connectivity index (χ0) is 26.4. The Morgan fingerprint density at radius 1 is 1.19 bits per heavy atom. The molecule has 1 aromatic carbocycles. The second kappa shape index (κ2) is 10.1. The highest BCUT2D eigenvalue weighted by Crippen LogP contribution is 2.46. The topological polar surface area (TPSA) is 86.1 Å². The maximum Gasteiger partial charge on any atom is 0.295 e. The standard InChI is InChI=1S/C27H32ClFN4O4/c1-3-18-21(25(35)30(2)15-16-6-9-20(29)19(28)14-16)23(34)27(37)33-22(18)26(36)32(24(33)17-7-8-17)13-12-31-10-4-5-11-31/h6,9,14,17,24,34H,3-5,7-8,10-13,15H2,1-2H3. The molecule has 0 bridgehead atoms. The van der Waals surface area contributed by atoms with Crippen molar-refractivity contribution in [2.45, 2.75) is 51.7 Å². The van der Waals surface area contributed by atoms with Crippen molar-refractivity contribution in [3.05, 3.63) is 61.8 Å². The van der Waals surface area contributed by atoms with Crippen LogP contribution >= 0.6 is 11.6 Å². The van der Waals surface area contributed by atoms with Gasteiger partial charge in [0.25, 0.3) is 17.4 Å². The summed E-state index contributed by atoms with van der Waals surface area (Å²) in [5, 5.41) is 11.0. The second-order valence-electron chi connectivity index (χ2n) is 10.3. The molecule has 5 rings (SSSR count). The molecule has 2 aromatic rings. The number of hydrogen-bond donors (Lipinski definition) is 1. The number of rotatable bonds is 8. The van der Waals surface area contributed by atoms with Gasteiger partial charge in [-0.1, -0.05) is 24.6 Å². The lowest BCUT2D eigenvalue weighted by Crippen LogP contribution is -2.39. The Labute approximate surface area is 220 Å². The first-order chi connectivity index (χ1) is 17.7. The maximum atomic E-state index is 13.8. The number of likely N-dealkylation sites (tertiary alicyclic amines) is 1. The summed E-state index contributed by atoms with van der Waals surface area (Å²) >= 11 is 5.88. The van der Waals surface area contributed by atoms with Crippen LogP contribution in [0.2, 0.25) is 5.02 Å². The average molecular weight is 531 g/mol. The van der Waals surface area contributed by atoms with Gasteiger partial charge >= 0.3 is 0 Å². The van der Waals surface area contributed by atoms with Crippen LogP contribution in [0.4, 0.5) is 4.39 Å². The molecule has 1 saturated carbocycles. The van der Waals surface area contributed by atoms with E-state index in [9.17, 15) is 23.9 Å². The first-order valence-corrected chi connectivity index (χ1v) is 13.3. The summed E-state index contributed by atoms with van der Waals surface area (Å²) in [7, 11) is 1.53. The third-order valence-corrected chi connectivity index (χ3v) is 8.04. The normalized spacial score (nSPS) is 19.5. The fourth-order valence-electron chi connectivity index (χ4n) is 5.71. The molecule has 1 saturated heterocycles. The van der Waals surface area contributed by atoms with E-state index < -0.39 is 29.2 Å². The van der Waals surface area contributed by atoms with Crippen LogP contribution in [0.1, 0.15) is 70.7 Å². The molecule has 2 aliphatic heterocycles. The number of carbonyl (C=O) groups excluding carboxylic acids is 2. The Hall–Kier alpha value is -2.91. The van der Waals surface area contributed by atoms with E-state index in [0.717, 1.165) is 45.3 Å². The van der Waals surface area contributed by atoms with Crippen molar-refractivity contribution in [2.24, 2.45) is 5.92 Å². The van der Waals surface area contributed by atoms with Crippen LogP contribution in [0.25, 0.3) is 0 Å². The van der Waals surface area contributed by atoms with Crippen molar-refractivity contribution >= 4 is 23.4 Å². The van der Waals surface area contributed by atoms with Crippen molar-refractivity contribution in [1.82, 2.24) is 19.3 Å². The van der Waals surface area contributed by atoms with Gasteiger partial charge in [-0.15, -0.1) is 0 Å². The van der Waals surface area contributed by atoms with Gasteiger partial charge in [-0.2, -0.15) is 0 Å². The van der Waals surface area contributed by atoms with Crippen LogP contribution in [0, 0.1) is 11.7 Å². The summed E-state index contributed by atoms with van der Waals surface area (Å²) < 4.78 is 15.0. The lowest BCUT2D eigenvalue weighted by Gasteiger charge is -2.27. The summed E-state index contributed by atoms with van der Waals surface area (Å²) in [6, 6.07) is 4.17. The van der Waals surface area contributed by atoms with Crippen LogP contribution < -0.4 is 5.56 Å². The average Bonchev–Trinajstić information content (AvgIpc) is 3.49. The molecule has 8 nitrogen and oxygen atoms in total. The summed E-state index contributed by atoms with van der Waals surface area (Å²) in [5.41, 5.74) is 0.340. The number of nitrogens with zero attached hydrogens (tertiary/aromatic N) is 4.